The van der Waals surface area contributed by atoms with Crippen LogP contribution in [0.15, 0.2) is 0 Å². The molecule has 0 rings (SSSR count). The quantitative estimate of drug-likeness (QED) is 0.183. The number of nitrogens with zero attached hydrogens (tertiary/aromatic N) is 2. The number of likely N-dealkylation sites (N-methyl/N-ethyl adjacent to an activating group) is 1. The van der Waals surface area contributed by atoms with E-state index in [1.165, 1.54) is 51.4 Å². The highest BCUT2D eigenvalue weighted by atomic mass is 32.2. The smallest absolute Gasteiger partial charge is 0.359 e. The minimum atomic E-state index is -3.84. The SMILES string of the molecule is C[N+](C)(CCCCCCCCCCCC[N+](C)(C)CC(=O)O)CCCS(=O)(=O)O. The van der Waals surface area contributed by atoms with Gasteiger partial charge in [-0.05, 0) is 25.7 Å². The summed E-state index contributed by atoms with van der Waals surface area (Å²) >= 11 is 0. The molecule has 0 spiro atoms. The van der Waals surface area contributed by atoms with E-state index in [4.69, 9.17) is 9.66 Å². The van der Waals surface area contributed by atoms with Gasteiger partial charge in [0.2, 0.25) is 0 Å². The Bertz CT molecular complexity index is 547. The maximum atomic E-state index is 10.8. The first kappa shape index (κ1) is 28.3. The van der Waals surface area contributed by atoms with Crippen LogP contribution in [0.2, 0.25) is 0 Å². The van der Waals surface area contributed by atoms with E-state index in [2.05, 4.69) is 14.1 Å². The van der Waals surface area contributed by atoms with Crippen molar-refractivity contribution >= 4 is 16.1 Å². The number of carboxylic acid groups (broad SMARTS) is 1. The molecular formula is C21H46N2O5S+2. The topological polar surface area (TPSA) is 91.7 Å². The number of rotatable bonds is 19. The van der Waals surface area contributed by atoms with E-state index in [0.29, 0.717) is 10.9 Å². The van der Waals surface area contributed by atoms with Crippen LogP contribution in [0.4, 0.5) is 0 Å². The van der Waals surface area contributed by atoms with Crippen molar-refractivity contribution in [3.63, 3.8) is 0 Å². The predicted octanol–water partition coefficient (Wildman–Crippen LogP) is 3.40. The van der Waals surface area contributed by atoms with Crippen LogP contribution < -0.4 is 0 Å². The molecule has 7 nitrogen and oxygen atoms in total. The van der Waals surface area contributed by atoms with Gasteiger partial charge in [-0.25, -0.2) is 4.79 Å². The first-order valence-electron chi connectivity index (χ1n) is 11.1. The predicted molar refractivity (Wildman–Crippen MR) is 119 cm³/mol. The molecule has 29 heavy (non-hydrogen) atoms. The van der Waals surface area contributed by atoms with Gasteiger partial charge in [-0.15, -0.1) is 0 Å². The summed E-state index contributed by atoms with van der Waals surface area (Å²) in [7, 11) is 4.36. The van der Waals surface area contributed by atoms with Gasteiger partial charge in [0.15, 0.2) is 6.54 Å². The maximum Gasteiger partial charge on any atom is 0.359 e. The number of aliphatic carboxylic acids is 1. The fourth-order valence-electron chi connectivity index (χ4n) is 3.73. The molecule has 8 heteroatoms. The van der Waals surface area contributed by atoms with Crippen LogP contribution in [0.5, 0.6) is 0 Å². The van der Waals surface area contributed by atoms with Crippen LogP contribution in [0.3, 0.4) is 0 Å². The lowest BCUT2D eigenvalue weighted by atomic mass is 10.1. The van der Waals surface area contributed by atoms with Gasteiger partial charge in [0.1, 0.15) is 0 Å². The molecule has 2 N–H and O–H groups in total. The number of carboxylic acids is 1. The Labute approximate surface area is 179 Å². The zero-order valence-corrected chi connectivity index (χ0v) is 20.1. The Balaban J connectivity index is 3.50. The Hall–Kier alpha value is -0.700. The summed E-state index contributed by atoms with van der Waals surface area (Å²) in [5, 5.41) is 8.88. The second-order valence-electron chi connectivity index (χ2n) is 9.77. The van der Waals surface area contributed by atoms with E-state index < -0.39 is 16.1 Å². The summed E-state index contributed by atoms with van der Waals surface area (Å²) in [6.45, 7) is 2.94. The standard InChI is InChI=1S/C21H44N2O5S/c1-22(2,18-15-19-29(26,27)28)16-13-11-9-7-5-6-8-10-12-14-17-23(3,4)20-21(24)25/h5-20H2,1-4H3/p+2. The first-order valence-corrected chi connectivity index (χ1v) is 12.7. The molecule has 0 saturated carbocycles. The van der Waals surface area contributed by atoms with Gasteiger partial charge in [-0.1, -0.05) is 38.5 Å². The second kappa shape index (κ2) is 14.3. The monoisotopic (exact) mass is 438 g/mol. The van der Waals surface area contributed by atoms with E-state index in [1.807, 2.05) is 14.1 Å². The third-order valence-electron chi connectivity index (χ3n) is 5.51. The fourth-order valence-corrected chi connectivity index (χ4v) is 4.22. The maximum absolute atomic E-state index is 10.8. The van der Waals surface area contributed by atoms with Crippen LogP contribution in [0, 0.1) is 0 Å². The molecule has 0 aliphatic carbocycles. The minimum absolute atomic E-state index is 0.145. The van der Waals surface area contributed by atoms with Crippen molar-refractivity contribution < 1.29 is 31.8 Å². The number of carbonyl (C=O) groups is 1. The average molecular weight is 439 g/mol. The molecule has 0 aromatic heterocycles. The van der Waals surface area contributed by atoms with Crippen molar-refractivity contribution in [3.05, 3.63) is 0 Å². The van der Waals surface area contributed by atoms with Gasteiger partial charge >= 0.3 is 5.97 Å². The second-order valence-corrected chi connectivity index (χ2v) is 11.3. The van der Waals surface area contributed by atoms with Gasteiger partial charge < -0.3 is 14.1 Å². The molecule has 0 aliphatic rings. The van der Waals surface area contributed by atoms with Crippen LogP contribution in [0.1, 0.15) is 70.6 Å². The van der Waals surface area contributed by atoms with Crippen molar-refractivity contribution in [1.29, 1.82) is 0 Å². The molecule has 0 aromatic carbocycles. The average Bonchev–Trinajstić information content (AvgIpc) is 2.53. The van der Waals surface area contributed by atoms with E-state index in [0.717, 1.165) is 37.0 Å². The van der Waals surface area contributed by atoms with Crippen molar-refractivity contribution in [3.8, 4) is 0 Å². The molecule has 0 bridgehead atoms. The highest BCUT2D eigenvalue weighted by Gasteiger charge is 2.18. The van der Waals surface area contributed by atoms with E-state index in [-0.39, 0.29) is 12.3 Å². The molecule has 0 amide bonds. The lowest BCUT2D eigenvalue weighted by molar-refractivity contribution is -0.890. The minimum Gasteiger partial charge on any atom is -0.477 e. The zero-order chi connectivity index (χ0) is 22.4. The van der Waals surface area contributed by atoms with E-state index >= 15 is 0 Å². The highest BCUT2D eigenvalue weighted by molar-refractivity contribution is 7.85. The molecule has 0 atom stereocenters. The van der Waals surface area contributed by atoms with E-state index in [1.54, 1.807) is 0 Å². The van der Waals surface area contributed by atoms with Crippen LogP contribution in [0.25, 0.3) is 0 Å². The van der Waals surface area contributed by atoms with Crippen molar-refractivity contribution in [2.75, 3.05) is 60.1 Å². The molecule has 0 radical (unpaired) electrons. The molecule has 0 saturated heterocycles. The number of unbranched alkanes of at least 4 members (excludes halogenated alkanes) is 9. The Morgan fingerprint density at radius 3 is 1.38 bits per heavy atom. The van der Waals surface area contributed by atoms with Crippen LogP contribution >= 0.6 is 0 Å². The number of hydrogen-bond acceptors (Lipinski definition) is 3. The highest BCUT2D eigenvalue weighted by Crippen LogP contribution is 2.13. The van der Waals surface area contributed by atoms with Crippen molar-refractivity contribution in [1.82, 2.24) is 0 Å². The van der Waals surface area contributed by atoms with Gasteiger partial charge in [0.05, 0.1) is 53.6 Å². The molecule has 0 unspecified atom stereocenters. The summed E-state index contributed by atoms with van der Waals surface area (Å²) in [4.78, 5) is 10.8. The third kappa shape index (κ3) is 20.4. The molecule has 0 aromatic rings. The Kier molecular flexibility index (Phi) is 14.0. The largest absolute Gasteiger partial charge is 0.477 e. The van der Waals surface area contributed by atoms with E-state index in [9.17, 15) is 13.2 Å². The Morgan fingerprint density at radius 2 is 1.00 bits per heavy atom. The fraction of sp³-hybridized carbons (Fsp3) is 0.952. The first-order chi connectivity index (χ1) is 13.3. The molecule has 174 valence electrons. The van der Waals surface area contributed by atoms with Crippen molar-refractivity contribution in [2.45, 2.75) is 70.6 Å². The van der Waals surface area contributed by atoms with Crippen LogP contribution in [-0.4, -0.2) is 93.1 Å². The van der Waals surface area contributed by atoms with Gasteiger partial charge in [0, 0.05) is 6.42 Å². The normalized spacial score (nSPS) is 13.0. The summed E-state index contributed by atoms with van der Waals surface area (Å²) in [5.41, 5.74) is 0. The summed E-state index contributed by atoms with van der Waals surface area (Å²) < 4.78 is 31.7. The molecule has 0 fully saturated rings. The lowest BCUT2D eigenvalue weighted by Crippen LogP contribution is -2.44. The summed E-state index contributed by atoms with van der Waals surface area (Å²) in [6.07, 6.45) is 12.8. The molecule has 0 aliphatic heterocycles. The third-order valence-corrected chi connectivity index (χ3v) is 6.31. The van der Waals surface area contributed by atoms with Crippen molar-refractivity contribution in [2.24, 2.45) is 0 Å². The number of hydrogen-bond donors (Lipinski definition) is 2. The lowest BCUT2D eigenvalue weighted by Gasteiger charge is -2.29. The van der Waals surface area contributed by atoms with Gasteiger partial charge in [-0.3, -0.25) is 4.55 Å². The van der Waals surface area contributed by atoms with Gasteiger partial charge in [-0.2, -0.15) is 8.42 Å². The van der Waals surface area contributed by atoms with Crippen LogP contribution in [-0.2, 0) is 14.9 Å². The molecule has 0 heterocycles. The molecular weight excluding hydrogens is 392 g/mol. The van der Waals surface area contributed by atoms with Gasteiger partial charge in [0.25, 0.3) is 10.1 Å². The Morgan fingerprint density at radius 1 is 0.655 bits per heavy atom. The summed E-state index contributed by atoms with van der Waals surface area (Å²) in [6, 6.07) is 0. The number of quaternary nitrogens is 2. The zero-order valence-electron chi connectivity index (χ0n) is 19.2. The summed E-state index contributed by atoms with van der Waals surface area (Å²) in [5.74, 6) is -0.872.